The molecule has 2 fully saturated rings. The maximum Gasteiger partial charge on any atom is 0.455 e. The molecule has 270 valence electrons. The Bertz CT molecular complexity index is 2110. The first-order chi connectivity index (χ1) is 25.6. The number of pyridine rings is 1. The molecule has 0 radical (unpaired) electrons. The number of halogens is 1. The third-order valence-electron chi connectivity index (χ3n) is 10.0. The number of amides is 2. The van der Waals surface area contributed by atoms with E-state index in [1.54, 1.807) is 12.3 Å². The number of allylic oxidation sites excluding steroid dienone is 1. The summed E-state index contributed by atoms with van der Waals surface area (Å²) >= 11 is 2.05. The molecule has 2 aliphatic heterocycles. The van der Waals surface area contributed by atoms with E-state index < -0.39 is 47.7 Å². The molecule has 2 amide bonds. The second-order valence-corrected chi connectivity index (χ2v) is 14.3. The molecular formula is C39H35BIN3O9. The van der Waals surface area contributed by atoms with Crippen molar-refractivity contribution >= 4 is 64.5 Å². The van der Waals surface area contributed by atoms with Crippen LogP contribution < -0.4 is 14.4 Å². The first-order valence-electron chi connectivity index (χ1n) is 17.2. The van der Waals surface area contributed by atoms with Crippen LogP contribution in [0.25, 0.3) is 11.6 Å². The van der Waals surface area contributed by atoms with Crippen LogP contribution in [0.1, 0.15) is 30.5 Å². The van der Waals surface area contributed by atoms with Gasteiger partial charge in [0, 0.05) is 18.3 Å². The van der Waals surface area contributed by atoms with Crippen LogP contribution in [0.15, 0.2) is 102 Å². The van der Waals surface area contributed by atoms with E-state index in [-0.39, 0.29) is 36.5 Å². The van der Waals surface area contributed by atoms with E-state index in [0.29, 0.717) is 27.9 Å². The van der Waals surface area contributed by atoms with Crippen LogP contribution in [0.2, 0.25) is 6.32 Å². The molecule has 0 saturated carbocycles. The summed E-state index contributed by atoms with van der Waals surface area (Å²) in [6.07, 6.45) is 4.24. The number of nitro groups is 1. The minimum atomic E-state index is -1.20. The number of aromatic hydroxyl groups is 1. The number of phenols is 1. The lowest BCUT2D eigenvalue weighted by Gasteiger charge is -2.43. The summed E-state index contributed by atoms with van der Waals surface area (Å²) in [6, 6.07) is 24.0. The Labute approximate surface area is 319 Å². The predicted molar refractivity (Wildman–Crippen MR) is 206 cm³/mol. The summed E-state index contributed by atoms with van der Waals surface area (Å²) in [4.78, 5) is 45.0. The van der Waals surface area contributed by atoms with E-state index in [1.165, 1.54) is 31.4 Å². The van der Waals surface area contributed by atoms with Gasteiger partial charge in [-0.3, -0.25) is 24.7 Å². The standard InChI is InChI=1S/C39H35BIN3O9/c1-51-34-18-23(17-31(41)37(34)45)16-24(32-12-5-6-15-42-32)13-14-33-35-25(22-52-28-10-3-2-4-11-28)19-29-36(30(35)21-40(48)53-33)39(47)43(38(29)46)26-8-7-9-27(20-26)44(49)50/h2-12,15-18,20,29-30,33,36,45,48H,13-14,19,21-22H2,1H3/b24-16-/t29-,30+,33-,36-/m1/s1. The Hall–Kier alpha value is -5.06. The number of benzene rings is 3. The zero-order valence-corrected chi connectivity index (χ0v) is 30.8. The molecule has 0 unspecified atom stereocenters. The van der Waals surface area contributed by atoms with Crippen LogP contribution >= 0.6 is 22.6 Å². The summed E-state index contributed by atoms with van der Waals surface area (Å²) in [5.41, 5.74) is 3.96. The number of fused-ring (bicyclic) bond motifs is 3. The highest BCUT2D eigenvalue weighted by atomic mass is 127. The van der Waals surface area contributed by atoms with Gasteiger partial charge in [0.2, 0.25) is 11.8 Å². The zero-order valence-electron chi connectivity index (χ0n) is 28.6. The lowest BCUT2D eigenvalue weighted by atomic mass is 9.58. The lowest BCUT2D eigenvalue weighted by Crippen LogP contribution is -2.46. The average molecular weight is 827 g/mol. The number of ether oxygens (including phenoxy) is 2. The van der Waals surface area contributed by atoms with E-state index in [0.717, 1.165) is 32.9 Å². The number of methoxy groups -OCH3 is 1. The first kappa shape index (κ1) is 36.3. The highest BCUT2D eigenvalue weighted by Crippen LogP contribution is 2.51. The third-order valence-corrected chi connectivity index (χ3v) is 10.9. The smallest absolute Gasteiger partial charge is 0.455 e. The molecule has 1 aliphatic carbocycles. The van der Waals surface area contributed by atoms with E-state index in [4.69, 9.17) is 14.1 Å². The molecule has 14 heteroatoms. The third kappa shape index (κ3) is 7.43. The molecule has 53 heavy (non-hydrogen) atoms. The number of para-hydroxylation sites is 1. The maximum atomic E-state index is 14.3. The van der Waals surface area contributed by atoms with Crippen molar-refractivity contribution in [2.75, 3.05) is 18.6 Å². The monoisotopic (exact) mass is 827 g/mol. The van der Waals surface area contributed by atoms with Gasteiger partial charge >= 0.3 is 7.12 Å². The number of anilines is 1. The number of aromatic nitrogens is 1. The highest BCUT2D eigenvalue weighted by molar-refractivity contribution is 14.1. The van der Waals surface area contributed by atoms with Gasteiger partial charge in [-0.2, -0.15) is 0 Å². The molecule has 4 atom stereocenters. The average Bonchev–Trinajstić information content (AvgIpc) is 3.42. The highest BCUT2D eigenvalue weighted by Gasteiger charge is 2.57. The fraction of sp³-hybridized carbons (Fsp3) is 0.256. The van der Waals surface area contributed by atoms with Crippen molar-refractivity contribution in [2.45, 2.75) is 31.7 Å². The van der Waals surface area contributed by atoms with Gasteiger partial charge in [0.15, 0.2) is 11.5 Å². The number of carbonyl (C=O) groups excluding carboxylic acids is 2. The van der Waals surface area contributed by atoms with E-state index >= 15 is 0 Å². The molecule has 2 N–H and O–H groups in total. The fourth-order valence-electron chi connectivity index (χ4n) is 7.73. The SMILES string of the molecule is COc1cc(/C=C(/CC[C@H]2OB(O)C[C@H]3C2=C(COc2ccccc2)C[C@H]2C(=O)N(c4cccc([N+](=O)[O-])c4)C(=O)[C@H]23)c2ccccn2)cc(I)c1O. The molecule has 3 aromatic carbocycles. The Kier molecular flexibility index (Phi) is 10.6. The first-order valence-corrected chi connectivity index (χ1v) is 18.2. The van der Waals surface area contributed by atoms with Crippen LogP contribution in [0.5, 0.6) is 17.2 Å². The lowest BCUT2D eigenvalue weighted by molar-refractivity contribution is -0.384. The van der Waals surface area contributed by atoms with Crippen molar-refractivity contribution < 1.29 is 38.8 Å². The van der Waals surface area contributed by atoms with Crippen molar-refractivity contribution in [1.29, 1.82) is 0 Å². The van der Waals surface area contributed by atoms with Crippen LogP contribution in [0.4, 0.5) is 11.4 Å². The zero-order chi connectivity index (χ0) is 37.2. The molecule has 3 heterocycles. The minimum absolute atomic E-state index is 0.0528. The molecule has 12 nitrogen and oxygen atoms in total. The number of non-ortho nitro benzene ring substituents is 1. The number of nitrogens with zero attached hydrogens (tertiary/aromatic N) is 3. The molecule has 1 aromatic heterocycles. The Morgan fingerprint density at radius 2 is 1.87 bits per heavy atom. The molecule has 4 aromatic rings. The summed E-state index contributed by atoms with van der Waals surface area (Å²) in [5, 5.41) is 33.2. The minimum Gasteiger partial charge on any atom is -0.504 e. The van der Waals surface area contributed by atoms with Crippen LogP contribution in [0.3, 0.4) is 0 Å². The number of rotatable bonds is 11. The quantitative estimate of drug-likeness (QED) is 0.0415. The van der Waals surface area contributed by atoms with Crippen molar-refractivity contribution in [3.8, 4) is 17.2 Å². The van der Waals surface area contributed by atoms with Gasteiger partial charge in [-0.1, -0.05) is 30.3 Å². The molecule has 3 aliphatic rings. The number of imide groups is 1. The van der Waals surface area contributed by atoms with Gasteiger partial charge in [0.25, 0.3) is 5.69 Å². The van der Waals surface area contributed by atoms with Crippen molar-refractivity contribution in [3.63, 3.8) is 0 Å². The summed E-state index contributed by atoms with van der Waals surface area (Å²) in [6.45, 7) is 0.141. The van der Waals surface area contributed by atoms with Gasteiger partial charge in [-0.15, -0.1) is 0 Å². The summed E-state index contributed by atoms with van der Waals surface area (Å²) in [7, 11) is 0.289. The van der Waals surface area contributed by atoms with Gasteiger partial charge in [0.05, 0.1) is 44.9 Å². The number of hydrogen-bond acceptors (Lipinski definition) is 10. The molecule has 7 rings (SSSR count). The fourth-order valence-corrected chi connectivity index (χ4v) is 8.36. The number of carbonyl (C=O) groups is 2. The Morgan fingerprint density at radius 3 is 2.60 bits per heavy atom. The molecule has 0 spiro atoms. The predicted octanol–water partition coefficient (Wildman–Crippen LogP) is 6.71. The second-order valence-electron chi connectivity index (χ2n) is 13.2. The Balaban J connectivity index is 1.25. The van der Waals surface area contributed by atoms with Crippen molar-refractivity contribution in [2.24, 2.45) is 17.8 Å². The second kappa shape index (κ2) is 15.5. The summed E-state index contributed by atoms with van der Waals surface area (Å²) < 4.78 is 18.5. The largest absolute Gasteiger partial charge is 0.504 e. The number of hydrogen-bond donors (Lipinski definition) is 2. The number of nitro benzene ring substituents is 1. The van der Waals surface area contributed by atoms with E-state index in [9.17, 15) is 29.8 Å². The van der Waals surface area contributed by atoms with Crippen LogP contribution in [0, 0.1) is 31.4 Å². The van der Waals surface area contributed by atoms with Crippen molar-refractivity contribution in [3.05, 3.63) is 127 Å². The van der Waals surface area contributed by atoms with Gasteiger partial charge in [-0.05, 0) is 125 Å². The van der Waals surface area contributed by atoms with Crippen molar-refractivity contribution in [1.82, 2.24) is 4.98 Å². The normalized spacial score (nSPS) is 21.4. The summed E-state index contributed by atoms with van der Waals surface area (Å²) in [5.74, 6) is -1.94. The van der Waals surface area contributed by atoms with Crippen LogP contribution in [-0.2, 0) is 14.2 Å². The topological polar surface area (TPSA) is 162 Å². The van der Waals surface area contributed by atoms with Gasteiger partial charge in [0.1, 0.15) is 12.4 Å². The maximum absolute atomic E-state index is 14.3. The number of phenolic OH excluding ortho intramolecular Hbond substituents is 1. The van der Waals surface area contributed by atoms with E-state index in [2.05, 4.69) is 27.6 Å². The molecule has 0 bridgehead atoms. The van der Waals surface area contributed by atoms with Gasteiger partial charge < -0.3 is 24.3 Å². The van der Waals surface area contributed by atoms with Gasteiger partial charge in [-0.25, -0.2) is 4.90 Å². The van der Waals surface area contributed by atoms with E-state index in [1.807, 2.05) is 60.7 Å². The van der Waals surface area contributed by atoms with Crippen LogP contribution in [-0.4, -0.2) is 58.8 Å². The molecular weight excluding hydrogens is 792 g/mol. The molecule has 2 saturated heterocycles. The Morgan fingerprint density at radius 1 is 1.08 bits per heavy atom.